The molecule has 0 amide bonds. The molecule has 1 atom stereocenters. The Morgan fingerprint density at radius 2 is 2.05 bits per heavy atom. The first-order valence-electron chi connectivity index (χ1n) is 6.93. The number of aliphatic hydroxyl groups is 1. The van der Waals surface area contributed by atoms with Crippen molar-refractivity contribution >= 4 is 11.3 Å². The van der Waals surface area contributed by atoms with E-state index >= 15 is 0 Å². The number of hydrogen-bond donors (Lipinski definition) is 1. The van der Waals surface area contributed by atoms with Crippen molar-refractivity contribution in [3.05, 3.63) is 40.7 Å². The maximum atomic E-state index is 10.7. The van der Waals surface area contributed by atoms with Crippen LogP contribution in [0.25, 0.3) is 11.3 Å². The molecule has 19 heavy (non-hydrogen) atoms. The Kier molecular flexibility index (Phi) is 3.42. The summed E-state index contributed by atoms with van der Waals surface area (Å²) < 4.78 is 0. The Morgan fingerprint density at radius 3 is 2.68 bits per heavy atom. The van der Waals surface area contributed by atoms with Crippen molar-refractivity contribution in [3.8, 4) is 11.3 Å². The van der Waals surface area contributed by atoms with Gasteiger partial charge in [-0.25, -0.2) is 4.98 Å². The number of benzene rings is 1. The molecule has 1 aliphatic carbocycles. The molecule has 1 N–H and O–H groups in total. The minimum absolute atomic E-state index is 0.488. The third kappa shape index (κ3) is 2.72. The van der Waals surface area contributed by atoms with Crippen LogP contribution in [0.4, 0.5) is 0 Å². The highest BCUT2D eigenvalue weighted by atomic mass is 32.1. The van der Waals surface area contributed by atoms with Crippen LogP contribution in [-0.2, 0) is 6.42 Å². The molecule has 2 nitrogen and oxygen atoms in total. The fourth-order valence-electron chi connectivity index (χ4n) is 2.57. The normalized spacial score (nSPS) is 18.2. The van der Waals surface area contributed by atoms with E-state index in [-0.39, 0.29) is 0 Å². The highest BCUT2D eigenvalue weighted by Crippen LogP contribution is 2.43. The summed E-state index contributed by atoms with van der Waals surface area (Å²) in [5.74, 6) is 0.488. The van der Waals surface area contributed by atoms with Crippen molar-refractivity contribution in [1.29, 1.82) is 0 Å². The highest BCUT2D eigenvalue weighted by molar-refractivity contribution is 7.09. The Hall–Kier alpha value is -1.19. The monoisotopic (exact) mass is 273 g/mol. The third-order valence-electron chi connectivity index (χ3n) is 4.03. The van der Waals surface area contributed by atoms with Gasteiger partial charge in [-0.3, -0.25) is 0 Å². The highest BCUT2D eigenvalue weighted by Gasteiger charge is 2.42. The van der Waals surface area contributed by atoms with Gasteiger partial charge in [0.2, 0.25) is 0 Å². The van der Waals surface area contributed by atoms with E-state index in [4.69, 9.17) is 0 Å². The lowest BCUT2D eigenvalue weighted by atomic mass is 9.91. The first kappa shape index (κ1) is 12.8. The van der Waals surface area contributed by atoms with Gasteiger partial charge in [0.1, 0.15) is 0 Å². The zero-order valence-corrected chi connectivity index (χ0v) is 12.0. The standard InChI is InChI=1S/C16H19NOS/c1-2-16(18,13-8-9-13)10-15-17-14(11-19-15)12-6-4-3-5-7-12/h3-7,11,13,18H,2,8-10H2,1H3. The minimum Gasteiger partial charge on any atom is -0.389 e. The molecule has 1 aromatic heterocycles. The van der Waals surface area contributed by atoms with Gasteiger partial charge >= 0.3 is 0 Å². The van der Waals surface area contributed by atoms with Crippen LogP contribution in [0, 0.1) is 5.92 Å². The molecular weight excluding hydrogens is 254 g/mol. The van der Waals surface area contributed by atoms with E-state index in [1.807, 2.05) is 18.2 Å². The lowest BCUT2D eigenvalue weighted by Crippen LogP contribution is -2.33. The molecule has 3 rings (SSSR count). The average molecular weight is 273 g/mol. The molecule has 0 aliphatic heterocycles. The third-order valence-corrected chi connectivity index (χ3v) is 4.88. The van der Waals surface area contributed by atoms with Gasteiger partial charge in [-0.05, 0) is 25.2 Å². The van der Waals surface area contributed by atoms with E-state index in [9.17, 15) is 5.11 Å². The van der Waals surface area contributed by atoms with Gasteiger partial charge in [-0.1, -0.05) is 37.3 Å². The van der Waals surface area contributed by atoms with E-state index in [1.165, 1.54) is 12.8 Å². The molecule has 1 aromatic carbocycles. The molecule has 1 fully saturated rings. The smallest absolute Gasteiger partial charge is 0.0961 e. The van der Waals surface area contributed by atoms with E-state index < -0.39 is 5.60 Å². The van der Waals surface area contributed by atoms with E-state index in [2.05, 4.69) is 29.4 Å². The van der Waals surface area contributed by atoms with Crippen LogP contribution in [0.15, 0.2) is 35.7 Å². The van der Waals surface area contributed by atoms with Gasteiger partial charge in [0.05, 0.1) is 16.3 Å². The van der Waals surface area contributed by atoms with Crippen LogP contribution in [0.5, 0.6) is 0 Å². The van der Waals surface area contributed by atoms with Crippen LogP contribution in [0.3, 0.4) is 0 Å². The van der Waals surface area contributed by atoms with Crippen molar-refractivity contribution in [3.63, 3.8) is 0 Å². The zero-order valence-electron chi connectivity index (χ0n) is 11.2. The summed E-state index contributed by atoms with van der Waals surface area (Å²) >= 11 is 1.66. The van der Waals surface area contributed by atoms with Crippen molar-refractivity contribution in [2.45, 2.75) is 38.2 Å². The van der Waals surface area contributed by atoms with Gasteiger partial charge in [0, 0.05) is 17.4 Å². The second-order valence-electron chi connectivity index (χ2n) is 5.40. The van der Waals surface area contributed by atoms with E-state index in [1.54, 1.807) is 11.3 Å². The van der Waals surface area contributed by atoms with Gasteiger partial charge < -0.3 is 5.11 Å². The maximum Gasteiger partial charge on any atom is 0.0961 e. The first-order valence-corrected chi connectivity index (χ1v) is 7.81. The number of aromatic nitrogens is 1. The van der Waals surface area contributed by atoms with Crippen molar-refractivity contribution in [2.75, 3.05) is 0 Å². The van der Waals surface area contributed by atoms with Crippen LogP contribution in [-0.4, -0.2) is 15.7 Å². The summed E-state index contributed by atoms with van der Waals surface area (Å²) in [6.45, 7) is 2.07. The largest absolute Gasteiger partial charge is 0.389 e. The predicted octanol–water partition coefficient (Wildman–Crippen LogP) is 3.90. The molecule has 0 bridgehead atoms. The summed E-state index contributed by atoms with van der Waals surface area (Å²) in [4.78, 5) is 4.68. The molecule has 2 aromatic rings. The van der Waals surface area contributed by atoms with Crippen LogP contribution >= 0.6 is 11.3 Å². The molecule has 1 aliphatic rings. The molecule has 0 saturated heterocycles. The van der Waals surface area contributed by atoms with E-state index in [0.717, 1.165) is 22.7 Å². The SMILES string of the molecule is CCC(O)(Cc1nc(-c2ccccc2)cs1)C1CC1. The lowest BCUT2D eigenvalue weighted by molar-refractivity contribution is 0.0139. The fraction of sp³-hybridized carbons (Fsp3) is 0.438. The van der Waals surface area contributed by atoms with Crippen LogP contribution < -0.4 is 0 Å². The van der Waals surface area contributed by atoms with Crippen molar-refractivity contribution < 1.29 is 5.11 Å². The van der Waals surface area contributed by atoms with Gasteiger partial charge in [0.15, 0.2) is 0 Å². The summed E-state index contributed by atoms with van der Waals surface area (Å²) in [6, 6.07) is 10.2. The molecular formula is C16H19NOS. The summed E-state index contributed by atoms with van der Waals surface area (Å²) in [5, 5.41) is 13.8. The first-order chi connectivity index (χ1) is 9.21. The Bertz CT molecular complexity index is 547. The lowest BCUT2D eigenvalue weighted by Gasteiger charge is -2.25. The second-order valence-corrected chi connectivity index (χ2v) is 6.34. The second kappa shape index (κ2) is 5.06. The molecule has 1 saturated carbocycles. The average Bonchev–Trinajstić information content (AvgIpc) is 3.21. The Labute approximate surface area is 118 Å². The molecule has 0 spiro atoms. The molecule has 0 radical (unpaired) electrons. The number of rotatable bonds is 5. The quantitative estimate of drug-likeness (QED) is 0.896. The Morgan fingerprint density at radius 1 is 1.32 bits per heavy atom. The van der Waals surface area contributed by atoms with Crippen molar-refractivity contribution in [1.82, 2.24) is 4.98 Å². The number of thiazole rings is 1. The summed E-state index contributed by atoms with van der Waals surface area (Å²) in [7, 11) is 0. The van der Waals surface area contributed by atoms with E-state index in [0.29, 0.717) is 12.3 Å². The summed E-state index contributed by atoms with van der Waals surface area (Å²) in [5.41, 5.74) is 1.64. The fourth-order valence-corrected chi connectivity index (χ4v) is 3.49. The molecule has 100 valence electrons. The van der Waals surface area contributed by atoms with Crippen molar-refractivity contribution in [2.24, 2.45) is 5.92 Å². The maximum absolute atomic E-state index is 10.7. The minimum atomic E-state index is -0.536. The predicted molar refractivity (Wildman–Crippen MR) is 79.2 cm³/mol. The van der Waals surface area contributed by atoms with Gasteiger partial charge in [0.25, 0.3) is 0 Å². The van der Waals surface area contributed by atoms with Crippen LogP contribution in [0.1, 0.15) is 31.2 Å². The molecule has 3 heteroatoms. The van der Waals surface area contributed by atoms with Crippen LogP contribution in [0.2, 0.25) is 0 Å². The van der Waals surface area contributed by atoms with Gasteiger partial charge in [-0.2, -0.15) is 0 Å². The summed E-state index contributed by atoms with van der Waals surface area (Å²) in [6.07, 6.45) is 3.85. The molecule has 1 unspecified atom stereocenters. The Balaban J connectivity index is 1.78. The number of nitrogens with zero attached hydrogens (tertiary/aromatic N) is 1. The molecule has 1 heterocycles. The number of hydrogen-bond acceptors (Lipinski definition) is 3. The zero-order chi connectivity index (χ0) is 13.3. The van der Waals surface area contributed by atoms with Gasteiger partial charge in [-0.15, -0.1) is 11.3 Å². The topological polar surface area (TPSA) is 33.1 Å².